The first kappa shape index (κ1) is 22.8. The topological polar surface area (TPSA) is 92.8 Å². The number of hydrogen-bond donors (Lipinski definition) is 1. The number of amides is 3. The second-order valence-corrected chi connectivity index (χ2v) is 9.70. The molecule has 2 saturated carbocycles. The number of rotatable bonds is 5. The number of hydrogen-bond acceptors (Lipinski definition) is 5. The van der Waals surface area contributed by atoms with Crippen LogP contribution in [0.1, 0.15) is 16.8 Å². The first-order chi connectivity index (χ1) is 16.3. The van der Waals surface area contributed by atoms with Crippen LogP contribution in [0.4, 0.5) is 15.8 Å². The van der Waals surface area contributed by atoms with Crippen molar-refractivity contribution in [3.8, 4) is 0 Å². The number of imide groups is 1. The number of carbonyl (C=O) groups excluding carboxylic acids is 4. The average Bonchev–Trinajstić information content (AvgIpc) is 3.44. The van der Waals surface area contributed by atoms with Crippen molar-refractivity contribution < 1.29 is 28.3 Å². The van der Waals surface area contributed by atoms with Crippen LogP contribution in [0.25, 0.3) is 0 Å². The summed E-state index contributed by atoms with van der Waals surface area (Å²) in [5.41, 5.74) is 0.872. The van der Waals surface area contributed by atoms with Crippen molar-refractivity contribution >= 4 is 58.3 Å². The fraction of sp³-hybridized carbons (Fsp3) is 0.333. The van der Waals surface area contributed by atoms with Gasteiger partial charge in [-0.05, 0) is 66.8 Å². The highest BCUT2D eigenvalue weighted by atomic mass is 35.5. The molecule has 1 N–H and O–H groups in total. The van der Waals surface area contributed by atoms with Gasteiger partial charge in [0, 0.05) is 5.69 Å². The van der Waals surface area contributed by atoms with Crippen LogP contribution in [0.3, 0.4) is 0 Å². The van der Waals surface area contributed by atoms with Crippen molar-refractivity contribution in [2.45, 2.75) is 17.2 Å². The van der Waals surface area contributed by atoms with E-state index in [1.54, 1.807) is 0 Å². The zero-order valence-electron chi connectivity index (χ0n) is 17.6. The summed E-state index contributed by atoms with van der Waals surface area (Å²) in [6, 6.07) is 11.0. The summed E-state index contributed by atoms with van der Waals surface area (Å²) >= 11 is 12.8. The van der Waals surface area contributed by atoms with Crippen LogP contribution in [-0.2, 0) is 19.1 Å². The van der Waals surface area contributed by atoms with E-state index in [1.165, 1.54) is 48.5 Å². The van der Waals surface area contributed by atoms with E-state index in [-0.39, 0.29) is 40.0 Å². The Labute approximate surface area is 204 Å². The Morgan fingerprint density at radius 3 is 2.06 bits per heavy atom. The van der Waals surface area contributed by atoms with Crippen LogP contribution >= 0.6 is 23.2 Å². The van der Waals surface area contributed by atoms with Gasteiger partial charge in [-0.25, -0.2) is 9.18 Å². The number of nitrogens with one attached hydrogen (secondary N) is 1. The average molecular weight is 505 g/mol. The highest BCUT2D eigenvalue weighted by Gasteiger charge is 2.66. The van der Waals surface area contributed by atoms with Gasteiger partial charge < -0.3 is 10.1 Å². The fourth-order valence-corrected chi connectivity index (χ4v) is 6.19. The smallest absolute Gasteiger partial charge is 0.338 e. The summed E-state index contributed by atoms with van der Waals surface area (Å²) in [5.74, 6) is -3.49. The predicted octanol–water partition coefficient (Wildman–Crippen LogP) is 3.59. The summed E-state index contributed by atoms with van der Waals surface area (Å²) in [7, 11) is 0. The van der Waals surface area contributed by atoms with Crippen molar-refractivity contribution in [1.29, 1.82) is 0 Å². The van der Waals surface area contributed by atoms with Crippen LogP contribution in [-0.4, -0.2) is 41.1 Å². The van der Waals surface area contributed by atoms with Gasteiger partial charge in [0.15, 0.2) is 6.61 Å². The number of alkyl halides is 2. The molecule has 7 nitrogen and oxygen atoms in total. The summed E-state index contributed by atoms with van der Waals surface area (Å²) in [5, 5.41) is 1.82. The standard InChI is InChI=1S/C24H19Cl2FN2O5/c25-20-15-9-16(21(20)26)19-18(15)22(31)29(23(19)32)14-7-1-11(2-8-14)24(33)34-10-17(30)28-13-5-3-12(27)4-6-13/h1-8,15-16,18-21H,9-10H2,(H,28,30)/t15-,16-,18-,19-,20-,21+/m1/s1. The van der Waals surface area contributed by atoms with E-state index in [0.717, 1.165) is 4.90 Å². The van der Waals surface area contributed by atoms with Crippen LogP contribution in [0.2, 0.25) is 0 Å². The molecule has 1 saturated heterocycles. The third-order valence-electron chi connectivity index (χ3n) is 6.81. The first-order valence-corrected chi connectivity index (χ1v) is 11.6. The zero-order valence-corrected chi connectivity index (χ0v) is 19.1. The Hall–Kier alpha value is -2.97. The molecule has 1 aliphatic heterocycles. The molecule has 0 unspecified atom stereocenters. The van der Waals surface area contributed by atoms with Gasteiger partial charge >= 0.3 is 5.97 Å². The number of ether oxygens (including phenoxy) is 1. The van der Waals surface area contributed by atoms with Crippen molar-refractivity contribution in [3.63, 3.8) is 0 Å². The lowest BCUT2D eigenvalue weighted by Crippen LogP contribution is -2.37. The first-order valence-electron chi connectivity index (χ1n) is 10.7. The molecule has 3 aliphatic rings. The van der Waals surface area contributed by atoms with Gasteiger partial charge in [-0.3, -0.25) is 19.3 Å². The molecule has 0 aromatic heterocycles. The number of nitrogens with zero attached hydrogens (tertiary/aromatic N) is 1. The fourth-order valence-electron chi connectivity index (χ4n) is 5.29. The third-order valence-corrected chi connectivity index (χ3v) is 8.13. The Kier molecular flexibility index (Phi) is 5.81. The lowest BCUT2D eigenvalue weighted by molar-refractivity contribution is -0.123. The minimum absolute atomic E-state index is 0.115. The molecule has 176 valence electrons. The highest BCUT2D eigenvalue weighted by molar-refractivity contribution is 6.32. The van der Waals surface area contributed by atoms with Crippen LogP contribution in [0.5, 0.6) is 0 Å². The van der Waals surface area contributed by atoms with E-state index in [0.29, 0.717) is 17.8 Å². The van der Waals surface area contributed by atoms with Gasteiger partial charge in [0.25, 0.3) is 5.91 Å². The Balaban J connectivity index is 1.21. The maximum Gasteiger partial charge on any atom is 0.338 e. The summed E-state index contributed by atoms with van der Waals surface area (Å²) in [6.45, 7) is -0.535. The number of fused-ring (bicyclic) bond motifs is 5. The molecule has 1 heterocycles. The Morgan fingerprint density at radius 1 is 0.941 bits per heavy atom. The second kappa shape index (κ2) is 8.67. The summed E-state index contributed by atoms with van der Waals surface area (Å²) < 4.78 is 17.9. The molecule has 2 aromatic rings. The van der Waals surface area contributed by atoms with Gasteiger partial charge in [0.05, 0.1) is 33.8 Å². The van der Waals surface area contributed by atoms with Crippen molar-refractivity contribution in [2.75, 3.05) is 16.8 Å². The quantitative estimate of drug-likeness (QED) is 0.381. The number of benzene rings is 2. The van der Waals surface area contributed by atoms with E-state index in [1.807, 2.05) is 0 Å². The lowest BCUT2D eigenvalue weighted by Gasteiger charge is -2.28. The van der Waals surface area contributed by atoms with Gasteiger partial charge in [-0.2, -0.15) is 0 Å². The maximum atomic E-state index is 13.1. The van der Waals surface area contributed by atoms with E-state index >= 15 is 0 Å². The van der Waals surface area contributed by atoms with Gasteiger partial charge in [0.1, 0.15) is 5.82 Å². The number of halogens is 3. The normalized spacial score (nSPS) is 29.3. The molecule has 2 aliphatic carbocycles. The number of anilines is 2. The molecule has 0 spiro atoms. The Morgan fingerprint density at radius 2 is 1.50 bits per heavy atom. The van der Waals surface area contributed by atoms with Crippen LogP contribution in [0, 0.1) is 29.5 Å². The van der Waals surface area contributed by atoms with Gasteiger partial charge in [-0.15, -0.1) is 23.2 Å². The van der Waals surface area contributed by atoms with Crippen LogP contribution in [0.15, 0.2) is 48.5 Å². The lowest BCUT2D eigenvalue weighted by atomic mass is 9.80. The minimum atomic E-state index is -0.746. The Bertz CT molecular complexity index is 1140. The van der Waals surface area contributed by atoms with E-state index < -0.39 is 36.1 Å². The van der Waals surface area contributed by atoms with Crippen molar-refractivity contribution in [1.82, 2.24) is 0 Å². The maximum absolute atomic E-state index is 13.1. The van der Waals surface area contributed by atoms with E-state index in [9.17, 15) is 23.6 Å². The number of esters is 1. The molecule has 0 radical (unpaired) electrons. The molecule has 10 heteroatoms. The van der Waals surface area contributed by atoms with E-state index in [4.69, 9.17) is 27.9 Å². The van der Waals surface area contributed by atoms with E-state index in [2.05, 4.69) is 5.32 Å². The van der Waals surface area contributed by atoms with Gasteiger partial charge in [-0.1, -0.05) is 0 Å². The SMILES string of the molecule is O=C(COC(=O)c1ccc(N2C(=O)[C@@H]3[C@H]4C[C@@H]([C@@H](Cl)[C@H]4Cl)[C@H]3C2=O)cc1)Nc1ccc(F)cc1. The second-order valence-electron chi connectivity index (χ2n) is 8.69. The predicted molar refractivity (Wildman–Crippen MR) is 122 cm³/mol. The summed E-state index contributed by atoms with van der Waals surface area (Å²) in [6.07, 6.45) is 0.683. The monoisotopic (exact) mass is 504 g/mol. The minimum Gasteiger partial charge on any atom is -0.452 e. The molecular weight excluding hydrogens is 486 g/mol. The van der Waals surface area contributed by atoms with Gasteiger partial charge in [0.2, 0.25) is 11.8 Å². The molecular formula is C24H19Cl2FN2O5. The molecule has 5 rings (SSSR count). The molecule has 3 amide bonds. The largest absolute Gasteiger partial charge is 0.452 e. The molecule has 6 atom stereocenters. The third kappa shape index (κ3) is 3.75. The van der Waals surface area contributed by atoms with Crippen molar-refractivity contribution in [2.24, 2.45) is 23.7 Å². The number of carbonyl (C=O) groups is 4. The zero-order chi connectivity index (χ0) is 24.1. The highest BCUT2D eigenvalue weighted by Crippen LogP contribution is 2.59. The molecule has 3 fully saturated rings. The van der Waals surface area contributed by atoms with Crippen LogP contribution < -0.4 is 10.2 Å². The molecule has 34 heavy (non-hydrogen) atoms. The molecule has 2 bridgehead atoms. The summed E-state index contributed by atoms with van der Waals surface area (Å²) in [4.78, 5) is 51.5. The molecule has 2 aromatic carbocycles. The van der Waals surface area contributed by atoms with Crippen molar-refractivity contribution in [3.05, 3.63) is 59.9 Å².